The summed E-state index contributed by atoms with van der Waals surface area (Å²) in [4.78, 5) is 26.4. The van der Waals surface area contributed by atoms with Crippen LogP contribution in [0.3, 0.4) is 0 Å². The van der Waals surface area contributed by atoms with E-state index in [1.54, 1.807) is 0 Å². The number of hydrogen-bond acceptors (Lipinski definition) is 5. The van der Waals surface area contributed by atoms with Gasteiger partial charge in [0.1, 0.15) is 12.8 Å². The van der Waals surface area contributed by atoms with Crippen molar-refractivity contribution in [1.82, 2.24) is 10.2 Å². The second-order valence-electron chi connectivity index (χ2n) is 7.49. The van der Waals surface area contributed by atoms with Gasteiger partial charge < -0.3 is 20.9 Å². The fourth-order valence-electron chi connectivity index (χ4n) is 3.19. The van der Waals surface area contributed by atoms with E-state index in [0.717, 1.165) is 18.4 Å². The first-order valence-corrected chi connectivity index (χ1v) is 9.59. The molecule has 2 amide bonds. The molecular formula is C20H31N3O4. The lowest BCUT2D eigenvalue weighted by Gasteiger charge is -2.33. The van der Waals surface area contributed by atoms with Crippen LogP contribution in [0, 0.1) is 5.92 Å². The molecule has 1 aliphatic rings. The molecule has 0 bridgehead atoms. The van der Waals surface area contributed by atoms with Gasteiger partial charge in [-0.15, -0.1) is 0 Å². The normalized spacial score (nSPS) is 21.4. The Morgan fingerprint density at radius 1 is 1.30 bits per heavy atom. The molecule has 1 fully saturated rings. The van der Waals surface area contributed by atoms with Crippen molar-refractivity contribution >= 4 is 12.0 Å². The van der Waals surface area contributed by atoms with Crippen molar-refractivity contribution in [3.8, 4) is 0 Å². The van der Waals surface area contributed by atoms with E-state index in [1.807, 2.05) is 44.2 Å². The zero-order chi connectivity index (χ0) is 19.8. The molecule has 1 heterocycles. The van der Waals surface area contributed by atoms with E-state index in [0.29, 0.717) is 19.4 Å². The molecule has 7 nitrogen and oxygen atoms in total. The number of benzene rings is 1. The molecule has 0 radical (unpaired) electrons. The number of carbonyl (C=O) groups excluding carboxylic acids is 2. The Hall–Kier alpha value is -2.12. The summed E-state index contributed by atoms with van der Waals surface area (Å²) in [5.41, 5.74) is 6.82. The van der Waals surface area contributed by atoms with Crippen molar-refractivity contribution in [2.75, 3.05) is 6.54 Å². The number of ether oxygens (including phenoxy) is 1. The summed E-state index contributed by atoms with van der Waals surface area (Å²) in [6.45, 7) is 4.52. The van der Waals surface area contributed by atoms with Crippen molar-refractivity contribution in [2.45, 2.75) is 64.4 Å². The molecule has 3 unspecified atom stereocenters. The van der Waals surface area contributed by atoms with Crippen molar-refractivity contribution in [3.63, 3.8) is 0 Å². The molecule has 0 aliphatic carbocycles. The number of amides is 2. The summed E-state index contributed by atoms with van der Waals surface area (Å²) in [5, 5.41) is 13.2. The molecule has 1 aromatic rings. The van der Waals surface area contributed by atoms with Crippen LogP contribution < -0.4 is 11.1 Å². The molecule has 27 heavy (non-hydrogen) atoms. The summed E-state index contributed by atoms with van der Waals surface area (Å²) >= 11 is 0. The number of aliphatic hydroxyl groups excluding tert-OH is 1. The first-order chi connectivity index (χ1) is 12.9. The Balaban J connectivity index is 2.03. The minimum Gasteiger partial charge on any atom is -0.444 e. The van der Waals surface area contributed by atoms with Crippen LogP contribution >= 0.6 is 0 Å². The van der Waals surface area contributed by atoms with Gasteiger partial charge in [0.05, 0.1) is 12.1 Å². The minimum absolute atomic E-state index is 0.139. The number of hydrogen-bond donors (Lipinski definition) is 3. The third-order valence-corrected chi connectivity index (χ3v) is 4.64. The zero-order valence-corrected chi connectivity index (χ0v) is 16.1. The number of nitrogens with two attached hydrogens (primary N) is 1. The summed E-state index contributed by atoms with van der Waals surface area (Å²) in [6, 6.07) is 8.70. The van der Waals surface area contributed by atoms with Crippen LogP contribution in [-0.4, -0.2) is 46.9 Å². The molecule has 7 heteroatoms. The lowest BCUT2D eigenvalue weighted by molar-refractivity contribution is -0.126. The molecular weight excluding hydrogens is 346 g/mol. The van der Waals surface area contributed by atoms with Crippen LogP contribution in [0.15, 0.2) is 30.3 Å². The lowest BCUT2D eigenvalue weighted by atomic mass is 10.0. The highest BCUT2D eigenvalue weighted by Crippen LogP contribution is 2.18. The third kappa shape index (κ3) is 6.52. The predicted octanol–water partition coefficient (Wildman–Crippen LogP) is 1.99. The summed E-state index contributed by atoms with van der Waals surface area (Å²) in [6.07, 6.45) is 0.312. The van der Waals surface area contributed by atoms with Gasteiger partial charge in [0.15, 0.2) is 0 Å². The van der Waals surface area contributed by atoms with Gasteiger partial charge in [0, 0.05) is 6.54 Å². The SMILES string of the molecule is CC(C)CC(N)C(=O)NC1C(O)CCCCN1C(=O)OCc1ccccc1. The van der Waals surface area contributed by atoms with E-state index >= 15 is 0 Å². The van der Waals surface area contributed by atoms with Crippen molar-refractivity contribution in [3.05, 3.63) is 35.9 Å². The highest BCUT2D eigenvalue weighted by atomic mass is 16.6. The maximum absolute atomic E-state index is 12.6. The standard InChI is InChI=1S/C20H31N3O4/c1-14(2)12-16(21)19(25)22-18-17(24)10-6-7-11-23(18)20(26)27-13-15-8-4-3-5-9-15/h3-5,8-9,14,16-18,24H,6-7,10-13,21H2,1-2H3,(H,22,25). The van der Waals surface area contributed by atoms with Gasteiger partial charge in [-0.1, -0.05) is 44.2 Å². The Labute approximate surface area is 160 Å². The second kappa shape index (κ2) is 10.3. The quantitative estimate of drug-likeness (QED) is 0.703. The van der Waals surface area contributed by atoms with E-state index in [4.69, 9.17) is 10.5 Å². The average molecular weight is 377 g/mol. The molecule has 1 aliphatic heterocycles. The smallest absolute Gasteiger partial charge is 0.411 e. The Kier molecular flexibility index (Phi) is 8.06. The third-order valence-electron chi connectivity index (χ3n) is 4.64. The van der Waals surface area contributed by atoms with Gasteiger partial charge in [-0.3, -0.25) is 9.69 Å². The van der Waals surface area contributed by atoms with Crippen LogP contribution in [0.25, 0.3) is 0 Å². The van der Waals surface area contributed by atoms with Crippen molar-refractivity contribution in [1.29, 1.82) is 0 Å². The average Bonchev–Trinajstić information content (AvgIpc) is 2.82. The van der Waals surface area contributed by atoms with E-state index in [9.17, 15) is 14.7 Å². The van der Waals surface area contributed by atoms with Crippen molar-refractivity contribution in [2.24, 2.45) is 11.7 Å². The molecule has 0 spiro atoms. The largest absolute Gasteiger partial charge is 0.444 e. The van der Waals surface area contributed by atoms with Crippen LogP contribution in [0.2, 0.25) is 0 Å². The van der Waals surface area contributed by atoms with Gasteiger partial charge in [0.2, 0.25) is 5.91 Å². The lowest BCUT2D eigenvalue weighted by Crippen LogP contribution is -2.59. The predicted molar refractivity (Wildman–Crippen MR) is 103 cm³/mol. The Morgan fingerprint density at radius 2 is 2.00 bits per heavy atom. The van der Waals surface area contributed by atoms with Crippen molar-refractivity contribution < 1.29 is 19.4 Å². The number of likely N-dealkylation sites (tertiary alicyclic amines) is 1. The van der Waals surface area contributed by atoms with Crippen LogP contribution in [0.1, 0.15) is 45.1 Å². The van der Waals surface area contributed by atoms with Gasteiger partial charge in [-0.25, -0.2) is 4.79 Å². The molecule has 150 valence electrons. The summed E-state index contributed by atoms with van der Waals surface area (Å²) < 4.78 is 5.40. The highest BCUT2D eigenvalue weighted by molar-refractivity contribution is 5.82. The summed E-state index contributed by atoms with van der Waals surface area (Å²) in [7, 11) is 0. The van der Waals surface area contributed by atoms with E-state index in [2.05, 4.69) is 5.32 Å². The number of nitrogens with zero attached hydrogens (tertiary/aromatic N) is 1. The van der Waals surface area contributed by atoms with Crippen LogP contribution in [0.4, 0.5) is 4.79 Å². The molecule has 3 atom stereocenters. The zero-order valence-electron chi connectivity index (χ0n) is 16.1. The van der Waals surface area contributed by atoms with Crippen LogP contribution in [-0.2, 0) is 16.1 Å². The Bertz CT molecular complexity index is 609. The van der Waals surface area contributed by atoms with Gasteiger partial charge in [-0.05, 0) is 37.2 Å². The number of rotatable bonds is 6. The number of carbonyl (C=O) groups is 2. The van der Waals surface area contributed by atoms with Gasteiger partial charge >= 0.3 is 6.09 Å². The Morgan fingerprint density at radius 3 is 2.67 bits per heavy atom. The minimum atomic E-state index is -0.855. The van der Waals surface area contributed by atoms with E-state index in [-0.39, 0.29) is 18.4 Å². The molecule has 0 saturated carbocycles. The molecule has 4 N–H and O–H groups in total. The van der Waals surface area contributed by atoms with E-state index in [1.165, 1.54) is 4.90 Å². The number of aliphatic hydroxyl groups is 1. The summed E-state index contributed by atoms with van der Waals surface area (Å²) in [5.74, 6) is -0.0905. The number of nitrogens with one attached hydrogen (secondary N) is 1. The molecule has 1 aromatic carbocycles. The van der Waals surface area contributed by atoms with Gasteiger partial charge in [-0.2, -0.15) is 0 Å². The first kappa shape index (κ1) is 21.2. The second-order valence-corrected chi connectivity index (χ2v) is 7.49. The topological polar surface area (TPSA) is 105 Å². The fourth-order valence-corrected chi connectivity index (χ4v) is 3.19. The van der Waals surface area contributed by atoms with Gasteiger partial charge in [0.25, 0.3) is 0 Å². The molecule has 1 saturated heterocycles. The molecule has 0 aromatic heterocycles. The fraction of sp³-hybridized carbons (Fsp3) is 0.600. The highest BCUT2D eigenvalue weighted by Gasteiger charge is 2.34. The molecule has 2 rings (SSSR count). The maximum Gasteiger partial charge on any atom is 0.411 e. The monoisotopic (exact) mass is 377 g/mol. The van der Waals surface area contributed by atoms with Crippen LogP contribution in [0.5, 0.6) is 0 Å². The van der Waals surface area contributed by atoms with E-state index < -0.39 is 24.4 Å². The maximum atomic E-state index is 12.6. The first-order valence-electron chi connectivity index (χ1n) is 9.59.